The standard InChI is InChI=1S/C34H63N2OS.C30H44N2O2S.C19H28NO2S.C13H21N2OS.4BrH/c1-3-5-7-9-11-13-15-17-19-22-26-32-33(27-23-20-18-16-14-12-10-8-6-4-2)38-31-36(32)30-34(37)35-28-24-21-25-29-35;1-3-5-7-9-11-13-15-27-29(16-14-12-10-8-6-4-2)35-23-32(27)22-28(33)25-17-19-26-24(21-25)18-20-30(34)31-26;1-2-3-4-5-6-7-8-9-11-17-14-20(16-23-17)15-18(21)19-12-10-13-22-19;1-3-11-12(4-2)17-10-15(11)9-13(16)14-7-5-6-8-14;;;;/h31H,3-30H2,1-2H3;17,19,21,23H,3-16,18,20,22H2,1-2H3;10,12-14,16H,2-9,11,15H2,1H3;10H,3-9H2,1-2H3;4*1H/q+1;;2*+1;;;;/p-3. The van der Waals surface area contributed by atoms with Gasteiger partial charge in [-0.1, -0.05) is 319 Å². The van der Waals surface area contributed by atoms with Gasteiger partial charge in [0.25, 0.3) is 17.6 Å². The molecule has 1 aromatic carbocycles. The maximum absolute atomic E-state index is 13.2. The number of carbonyl (C=O) groups excluding carboxylic acids is 5. The van der Waals surface area contributed by atoms with Gasteiger partial charge in [-0.15, -0.1) is 0 Å². The van der Waals surface area contributed by atoms with Gasteiger partial charge in [0, 0.05) is 63.1 Å². The Morgan fingerprint density at radius 2 is 0.786 bits per heavy atom. The maximum atomic E-state index is 13.2. The molecule has 2 fully saturated rings. The lowest BCUT2D eigenvalue weighted by Gasteiger charge is -2.25. The highest BCUT2D eigenvalue weighted by atomic mass is 79.9. The number of furan rings is 1. The Balaban J connectivity index is 0.000000543. The molecule has 21 heteroatoms. The summed E-state index contributed by atoms with van der Waals surface area (Å²) in [7, 11) is 0. The van der Waals surface area contributed by atoms with E-state index in [2.05, 4.69) is 95.1 Å². The molecule has 3 aliphatic heterocycles. The summed E-state index contributed by atoms with van der Waals surface area (Å²) in [5.74, 6) is 1.29. The molecule has 0 unspecified atom stereocenters. The van der Waals surface area contributed by atoms with E-state index >= 15 is 0 Å². The van der Waals surface area contributed by atoms with E-state index in [1.165, 1.54) is 327 Å². The molecule has 1 N–H and O–H groups in total. The van der Waals surface area contributed by atoms with Crippen LogP contribution in [0.5, 0.6) is 0 Å². The van der Waals surface area contributed by atoms with Crippen LogP contribution in [0.2, 0.25) is 0 Å². The summed E-state index contributed by atoms with van der Waals surface area (Å²) in [4.78, 5) is 71.9. The molecule has 8 heterocycles. The van der Waals surface area contributed by atoms with Gasteiger partial charge in [0.15, 0.2) is 29.0 Å². The maximum Gasteiger partial charge on any atom is 0.288 e. The summed E-state index contributed by atoms with van der Waals surface area (Å²) in [5, 5.41) is 2.91. The number of thiazole rings is 4. The number of aromatic nitrogens is 4. The predicted molar refractivity (Wildman–Crippen MR) is 475 cm³/mol. The van der Waals surface area contributed by atoms with Gasteiger partial charge >= 0.3 is 0 Å². The van der Waals surface area contributed by atoms with E-state index in [9.17, 15) is 24.0 Å². The molecule has 9 rings (SSSR count). The van der Waals surface area contributed by atoms with Crippen molar-refractivity contribution in [3.05, 3.63) is 118 Å². The number of fused-ring (bicyclic) bond motifs is 1. The number of Topliss-reactive ketones (excluding diaryl/α,β-unsaturated/α-hetero) is 2. The molecule has 3 aliphatic rings. The van der Waals surface area contributed by atoms with Crippen LogP contribution in [-0.4, -0.2) is 65.3 Å². The summed E-state index contributed by atoms with van der Waals surface area (Å²) < 4.78 is 13.8. The Labute approximate surface area is 769 Å². The summed E-state index contributed by atoms with van der Waals surface area (Å²) in [5.41, 5.74) is 15.5. The third-order valence-corrected chi connectivity index (χ3v) is 27.5. The second-order valence-electron chi connectivity index (χ2n) is 32.8. The molecule has 3 amide bonds. The highest BCUT2D eigenvalue weighted by Gasteiger charge is 2.29. The van der Waals surface area contributed by atoms with E-state index in [4.69, 9.17) is 4.42 Å². The first-order valence-electron chi connectivity index (χ1n) is 46.4. The average Bonchev–Trinajstić information content (AvgIpc) is 1.60. The highest BCUT2D eigenvalue weighted by Crippen LogP contribution is 2.27. The molecule has 0 atom stereocenters. The van der Waals surface area contributed by atoms with E-state index in [1.54, 1.807) is 45.9 Å². The normalized spacial score (nSPS) is 12.8. The molecular weight excluding hydrogens is 1790 g/mol. The number of ketones is 2. The quantitative estimate of drug-likeness (QED) is 0.0230. The number of amides is 3. The van der Waals surface area contributed by atoms with E-state index in [0.29, 0.717) is 50.7 Å². The zero-order chi connectivity index (χ0) is 80.6. The number of nitrogens with zero attached hydrogens (tertiary/aromatic N) is 6. The Kier molecular flexibility index (Phi) is 65.7. The fourth-order valence-electron chi connectivity index (χ4n) is 16.1. The first-order valence-corrected chi connectivity index (χ1v) is 50.0. The molecule has 13 nitrogen and oxygen atoms in total. The van der Waals surface area contributed by atoms with E-state index in [0.717, 1.165) is 81.5 Å². The number of unbranched alkanes of at least 4 members (excludes halogenated alkanes) is 35. The minimum atomic E-state index is 0. The number of piperidine rings is 1. The van der Waals surface area contributed by atoms with Crippen LogP contribution >= 0.6 is 45.3 Å². The van der Waals surface area contributed by atoms with Gasteiger partial charge < -0.3 is 87.5 Å². The molecule has 0 radical (unpaired) electrons. The van der Waals surface area contributed by atoms with Crippen molar-refractivity contribution in [1.82, 2.24) is 9.80 Å². The zero-order valence-electron chi connectivity index (χ0n) is 74.0. The summed E-state index contributed by atoms with van der Waals surface area (Å²) >= 11 is 7.28. The number of likely N-dealkylation sites (tertiary alicyclic amines) is 2. The lowest BCUT2D eigenvalue weighted by atomic mass is 9.98. The third kappa shape index (κ3) is 45.2. The predicted octanol–water partition coefficient (Wildman–Crippen LogP) is 12.6. The third-order valence-electron chi connectivity index (χ3n) is 23.1. The van der Waals surface area contributed by atoms with Crippen molar-refractivity contribution in [3.8, 4) is 0 Å². The molecular formula is C96H157Br4N7O6S4. The highest BCUT2D eigenvalue weighted by molar-refractivity contribution is 7.10. The van der Waals surface area contributed by atoms with E-state index < -0.39 is 0 Å². The number of aryl methyl sites for hydroxylation is 5. The molecule has 5 aromatic heterocycles. The van der Waals surface area contributed by atoms with Crippen molar-refractivity contribution >= 4 is 80.3 Å². The number of anilines is 1. The monoisotopic (exact) mass is 1950 g/mol. The van der Waals surface area contributed by atoms with Gasteiger partial charge in [0.1, 0.15) is 0 Å². The number of benzene rings is 1. The smallest absolute Gasteiger partial charge is 0.288 e. The molecule has 117 heavy (non-hydrogen) atoms. The Morgan fingerprint density at radius 3 is 1.21 bits per heavy atom. The van der Waals surface area contributed by atoms with E-state index in [1.807, 2.05) is 55.9 Å². The first-order chi connectivity index (χ1) is 55.4. The fourth-order valence-corrected chi connectivity index (χ4v) is 20.1. The number of hydrogen-bond acceptors (Lipinski definition) is 10. The van der Waals surface area contributed by atoms with Gasteiger partial charge in [-0.05, 0) is 132 Å². The van der Waals surface area contributed by atoms with Crippen LogP contribution in [0.3, 0.4) is 0 Å². The van der Waals surface area contributed by atoms with Gasteiger partial charge in [-0.2, -0.15) is 18.3 Å². The van der Waals surface area contributed by atoms with Crippen molar-refractivity contribution in [3.63, 3.8) is 0 Å². The van der Waals surface area contributed by atoms with Crippen LogP contribution in [0.15, 0.2) is 69.3 Å². The Morgan fingerprint density at radius 1 is 0.393 bits per heavy atom. The largest absolute Gasteiger partial charge is 1.00 e. The average molecular weight is 1950 g/mol. The number of rotatable bonds is 57. The number of hydrogen-bond donors (Lipinski definition) is 1. The summed E-state index contributed by atoms with van der Waals surface area (Å²) in [6.45, 7) is 21.4. The topological polar surface area (TPSA) is 133 Å². The molecule has 0 saturated carbocycles. The summed E-state index contributed by atoms with van der Waals surface area (Å²) in [6.07, 6.45) is 72.7. The van der Waals surface area contributed by atoms with Crippen LogP contribution in [0, 0.1) is 0 Å². The van der Waals surface area contributed by atoms with Crippen molar-refractivity contribution in [2.24, 2.45) is 0 Å². The molecule has 0 spiro atoms. The molecule has 6 aromatic rings. The van der Waals surface area contributed by atoms with Crippen molar-refractivity contribution in [2.45, 2.75) is 421 Å². The molecule has 0 aliphatic carbocycles. The lowest BCUT2D eigenvalue weighted by Crippen LogP contribution is -3.00. The molecule has 0 bridgehead atoms. The van der Waals surface area contributed by atoms with Gasteiger partial charge in [-0.3, -0.25) is 24.0 Å². The second-order valence-corrected chi connectivity index (χ2v) is 36.5. The number of halogens is 4. The van der Waals surface area contributed by atoms with Crippen LogP contribution in [0.4, 0.5) is 5.69 Å². The van der Waals surface area contributed by atoms with Gasteiger partial charge in [0.2, 0.25) is 59.9 Å². The first kappa shape index (κ1) is 110. The molecule has 2 saturated heterocycles. The van der Waals surface area contributed by atoms with Crippen molar-refractivity contribution in [2.75, 3.05) is 31.5 Å². The molecule has 664 valence electrons. The van der Waals surface area contributed by atoms with Crippen LogP contribution < -0.4 is 91.5 Å². The number of carbonyl (C=O) groups is 5. The minimum absolute atomic E-state index is 0. The van der Waals surface area contributed by atoms with Crippen molar-refractivity contribution < 1.29 is 115 Å². The Hall–Kier alpha value is -3.31. The van der Waals surface area contributed by atoms with Crippen LogP contribution in [0.25, 0.3) is 0 Å². The summed E-state index contributed by atoms with van der Waals surface area (Å²) in [6, 6.07) is 9.20. The van der Waals surface area contributed by atoms with Gasteiger partial charge in [-0.25, -0.2) is 0 Å². The number of nitrogens with one attached hydrogen (secondary N) is 1. The van der Waals surface area contributed by atoms with Crippen LogP contribution in [-0.2, 0) is 91.9 Å². The van der Waals surface area contributed by atoms with Crippen LogP contribution in [0.1, 0.15) is 407 Å². The SMILES string of the molecule is CCCCCCCCCCCCc1sc[n+](CC(=O)N2CCCCC2)c1CCCCCCCCCCCC.CCCCCCCCCCc1c[n+](CC(=O)c2ccco2)cs1.CCCCCCCCc1sc[n+](CC(=O)c2ccc3c(c2)CCC(=O)N3)c1CCCCCCCC.CCc1sc[n+](CC(=O)N2CCCC2)c1CC.[Br-].[Br-].[Br-].[Br-]. The lowest BCUT2D eigenvalue weighted by molar-refractivity contribution is -0.688. The van der Waals surface area contributed by atoms with Crippen molar-refractivity contribution in [1.29, 1.82) is 0 Å². The van der Waals surface area contributed by atoms with Gasteiger partial charge in [0.05, 0.1) is 25.8 Å². The fraction of sp³-hybridized carbons (Fsp3) is 0.719. The zero-order valence-corrected chi connectivity index (χ0v) is 83.6. The minimum Gasteiger partial charge on any atom is -1.00 e. The Bertz CT molecular complexity index is 3510. The van der Waals surface area contributed by atoms with E-state index in [-0.39, 0.29) is 91.3 Å². The second kappa shape index (κ2) is 70.0.